The molecule has 1 amide bonds. The summed E-state index contributed by atoms with van der Waals surface area (Å²) in [6.45, 7) is 1.30. The van der Waals surface area contributed by atoms with Crippen molar-refractivity contribution in [2.24, 2.45) is 10.7 Å². The van der Waals surface area contributed by atoms with Gasteiger partial charge >= 0.3 is 0 Å². The van der Waals surface area contributed by atoms with E-state index in [2.05, 4.69) is 20.3 Å². The second-order valence-corrected chi connectivity index (χ2v) is 3.58. The molecule has 92 valence electrons. The fourth-order valence-electron chi connectivity index (χ4n) is 1.45. The highest BCUT2D eigenvalue weighted by Gasteiger charge is 2.03. The van der Waals surface area contributed by atoms with Crippen LogP contribution in [0.25, 0.3) is 10.9 Å². The summed E-state index contributed by atoms with van der Waals surface area (Å²) in [5, 5.41) is 2.75. The number of carbonyl (C=O) groups is 1. The first kappa shape index (κ1) is 11.8. The molecule has 0 unspecified atom stereocenters. The lowest BCUT2D eigenvalue weighted by molar-refractivity contribution is -0.117. The second kappa shape index (κ2) is 4.66. The molecule has 2 rings (SSSR count). The molecule has 7 nitrogen and oxygen atoms in total. The van der Waals surface area contributed by atoms with E-state index in [4.69, 9.17) is 5.73 Å². The SMILES string of the molecule is CC(=O)NC(N)=Nc1nc2ccccc2c(=O)[nH]1. The van der Waals surface area contributed by atoms with Gasteiger partial charge in [0.05, 0.1) is 10.9 Å². The maximum Gasteiger partial charge on any atom is 0.260 e. The Morgan fingerprint density at radius 3 is 2.89 bits per heavy atom. The zero-order chi connectivity index (χ0) is 13.1. The smallest absolute Gasteiger partial charge is 0.260 e. The van der Waals surface area contributed by atoms with Crippen LogP contribution in [-0.4, -0.2) is 21.8 Å². The lowest BCUT2D eigenvalue weighted by Gasteiger charge is -2.01. The Labute approximate surface area is 102 Å². The first-order valence-electron chi connectivity index (χ1n) is 5.17. The van der Waals surface area contributed by atoms with Crippen molar-refractivity contribution in [3.8, 4) is 0 Å². The van der Waals surface area contributed by atoms with Crippen LogP contribution in [-0.2, 0) is 4.79 Å². The van der Waals surface area contributed by atoms with E-state index in [9.17, 15) is 9.59 Å². The maximum absolute atomic E-state index is 11.7. The van der Waals surface area contributed by atoms with Crippen molar-refractivity contribution >= 4 is 28.7 Å². The Hall–Kier alpha value is -2.70. The number of hydrogen-bond acceptors (Lipinski definition) is 4. The number of aromatic nitrogens is 2. The number of rotatable bonds is 1. The molecule has 0 spiro atoms. The van der Waals surface area contributed by atoms with Gasteiger partial charge in [0, 0.05) is 6.92 Å². The predicted molar refractivity (Wildman–Crippen MR) is 67.5 cm³/mol. The van der Waals surface area contributed by atoms with Crippen molar-refractivity contribution in [2.75, 3.05) is 0 Å². The number of benzene rings is 1. The fraction of sp³-hybridized carbons (Fsp3) is 0.0909. The fourth-order valence-corrected chi connectivity index (χ4v) is 1.45. The molecule has 1 heterocycles. The molecule has 0 bridgehead atoms. The van der Waals surface area contributed by atoms with Crippen LogP contribution in [0.1, 0.15) is 6.92 Å². The summed E-state index contributed by atoms with van der Waals surface area (Å²) in [4.78, 5) is 32.9. The molecule has 0 aliphatic carbocycles. The molecule has 2 aromatic rings. The van der Waals surface area contributed by atoms with E-state index in [1.165, 1.54) is 6.92 Å². The highest BCUT2D eigenvalue weighted by molar-refractivity contribution is 5.95. The standard InChI is InChI=1S/C11H11N5O2/c1-6(17)13-10(12)16-11-14-8-5-3-2-4-7(8)9(18)15-11/h2-5H,1H3,(H4,12,13,14,15,16,17,18). The Morgan fingerprint density at radius 1 is 1.44 bits per heavy atom. The van der Waals surface area contributed by atoms with Crippen LogP contribution < -0.4 is 16.6 Å². The van der Waals surface area contributed by atoms with Gasteiger partial charge in [-0.05, 0) is 12.1 Å². The monoisotopic (exact) mass is 245 g/mol. The number of H-pyrrole nitrogens is 1. The molecular weight excluding hydrogens is 234 g/mol. The summed E-state index contributed by atoms with van der Waals surface area (Å²) in [6.07, 6.45) is 0. The zero-order valence-corrected chi connectivity index (χ0v) is 9.60. The van der Waals surface area contributed by atoms with Crippen molar-refractivity contribution < 1.29 is 4.79 Å². The third-order valence-corrected chi connectivity index (χ3v) is 2.13. The number of para-hydroxylation sites is 1. The van der Waals surface area contributed by atoms with Crippen LogP contribution in [0, 0.1) is 0 Å². The van der Waals surface area contributed by atoms with Gasteiger partial charge in [-0.2, -0.15) is 4.99 Å². The van der Waals surface area contributed by atoms with E-state index in [-0.39, 0.29) is 23.4 Å². The minimum atomic E-state index is -0.348. The van der Waals surface area contributed by atoms with E-state index >= 15 is 0 Å². The average molecular weight is 245 g/mol. The third kappa shape index (κ3) is 2.51. The van der Waals surface area contributed by atoms with E-state index < -0.39 is 0 Å². The van der Waals surface area contributed by atoms with Crippen molar-refractivity contribution in [3.05, 3.63) is 34.6 Å². The number of fused-ring (bicyclic) bond motifs is 1. The second-order valence-electron chi connectivity index (χ2n) is 3.58. The number of amides is 1. The number of hydrogen-bond donors (Lipinski definition) is 3. The van der Waals surface area contributed by atoms with Gasteiger partial charge in [0.15, 0.2) is 0 Å². The minimum absolute atomic E-state index is 0.0463. The number of guanidine groups is 1. The maximum atomic E-state index is 11.7. The number of aliphatic imine (C=N–C) groups is 1. The largest absolute Gasteiger partial charge is 0.369 e. The van der Waals surface area contributed by atoms with Crippen LogP contribution in [0.15, 0.2) is 34.1 Å². The molecule has 1 aromatic heterocycles. The van der Waals surface area contributed by atoms with Gasteiger partial charge in [0.2, 0.25) is 17.8 Å². The molecule has 0 radical (unpaired) electrons. The summed E-state index contributed by atoms with van der Waals surface area (Å²) in [6, 6.07) is 6.86. The van der Waals surface area contributed by atoms with Crippen molar-refractivity contribution in [1.82, 2.24) is 15.3 Å². The van der Waals surface area contributed by atoms with Crippen LogP contribution in [0.2, 0.25) is 0 Å². The molecule has 1 aromatic carbocycles. The zero-order valence-electron chi connectivity index (χ0n) is 9.60. The van der Waals surface area contributed by atoms with Gasteiger partial charge in [-0.15, -0.1) is 0 Å². The Bertz CT molecular complexity index is 689. The van der Waals surface area contributed by atoms with E-state index in [0.29, 0.717) is 10.9 Å². The number of nitrogens with two attached hydrogens (primary N) is 1. The lowest BCUT2D eigenvalue weighted by atomic mass is 10.2. The van der Waals surface area contributed by atoms with Crippen LogP contribution >= 0.6 is 0 Å². The van der Waals surface area contributed by atoms with Crippen molar-refractivity contribution in [2.45, 2.75) is 6.92 Å². The van der Waals surface area contributed by atoms with E-state index in [1.54, 1.807) is 24.3 Å². The topological polar surface area (TPSA) is 113 Å². The van der Waals surface area contributed by atoms with Crippen molar-refractivity contribution in [1.29, 1.82) is 0 Å². The molecule has 0 aliphatic rings. The average Bonchev–Trinajstić information content (AvgIpc) is 2.27. The summed E-state index contributed by atoms with van der Waals surface area (Å²) >= 11 is 0. The van der Waals surface area contributed by atoms with Crippen LogP contribution in [0.4, 0.5) is 5.95 Å². The highest BCUT2D eigenvalue weighted by atomic mass is 16.1. The summed E-state index contributed by atoms with van der Waals surface area (Å²) in [5.74, 6) is -0.426. The number of nitrogens with one attached hydrogen (secondary N) is 2. The molecule has 0 saturated heterocycles. The summed E-state index contributed by atoms with van der Waals surface area (Å²) in [7, 11) is 0. The number of nitrogens with zero attached hydrogens (tertiary/aromatic N) is 2. The quantitative estimate of drug-likeness (QED) is 0.485. The molecule has 7 heteroatoms. The Balaban J connectivity index is 2.47. The molecular formula is C11H11N5O2. The molecule has 4 N–H and O–H groups in total. The number of carbonyl (C=O) groups excluding carboxylic acids is 1. The molecule has 18 heavy (non-hydrogen) atoms. The Kier molecular flexibility index (Phi) is 3.05. The van der Waals surface area contributed by atoms with Gasteiger partial charge in [-0.25, -0.2) is 4.98 Å². The minimum Gasteiger partial charge on any atom is -0.369 e. The summed E-state index contributed by atoms with van der Waals surface area (Å²) in [5.41, 5.74) is 5.66. The first-order chi connectivity index (χ1) is 8.56. The normalized spacial score (nSPS) is 11.5. The molecule has 0 atom stereocenters. The van der Waals surface area contributed by atoms with Gasteiger partial charge in [-0.1, -0.05) is 12.1 Å². The first-order valence-corrected chi connectivity index (χ1v) is 5.17. The third-order valence-electron chi connectivity index (χ3n) is 2.13. The summed E-state index contributed by atoms with van der Waals surface area (Å²) < 4.78 is 0. The number of aromatic amines is 1. The molecule has 0 fully saturated rings. The van der Waals surface area contributed by atoms with E-state index in [1.807, 2.05) is 0 Å². The van der Waals surface area contributed by atoms with Crippen molar-refractivity contribution in [3.63, 3.8) is 0 Å². The van der Waals surface area contributed by atoms with Gasteiger partial charge < -0.3 is 5.73 Å². The predicted octanol–water partition coefficient (Wildman–Crippen LogP) is 0.00540. The molecule has 0 aliphatic heterocycles. The van der Waals surface area contributed by atoms with Crippen LogP contribution in [0.5, 0.6) is 0 Å². The van der Waals surface area contributed by atoms with Gasteiger partial charge in [0.25, 0.3) is 5.56 Å². The van der Waals surface area contributed by atoms with Gasteiger partial charge in [-0.3, -0.25) is 19.9 Å². The van der Waals surface area contributed by atoms with E-state index in [0.717, 1.165) is 0 Å². The highest BCUT2D eigenvalue weighted by Crippen LogP contribution is 2.09. The van der Waals surface area contributed by atoms with Crippen LogP contribution in [0.3, 0.4) is 0 Å². The lowest BCUT2D eigenvalue weighted by Crippen LogP contribution is -2.34. The molecule has 0 saturated carbocycles. The Morgan fingerprint density at radius 2 is 2.17 bits per heavy atom. The van der Waals surface area contributed by atoms with Gasteiger partial charge in [0.1, 0.15) is 0 Å².